The maximum absolute atomic E-state index is 12.7. The molecule has 0 aliphatic carbocycles. The van der Waals surface area contributed by atoms with Crippen LogP contribution in [0.25, 0.3) is 0 Å². The molecule has 0 aliphatic heterocycles. The number of ether oxygens (including phenoxy) is 1. The first-order chi connectivity index (χ1) is 7.65. The van der Waals surface area contributed by atoms with Gasteiger partial charge in [-0.2, -0.15) is 4.98 Å². The summed E-state index contributed by atoms with van der Waals surface area (Å²) in [4.78, 5) is 4.05. The minimum Gasteiger partial charge on any atom is -0.481 e. The van der Waals surface area contributed by atoms with E-state index in [2.05, 4.69) is 10.1 Å². The topological polar surface area (TPSA) is 48.2 Å². The summed E-state index contributed by atoms with van der Waals surface area (Å²) in [7, 11) is 0. The summed E-state index contributed by atoms with van der Waals surface area (Å²) in [5.74, 6) is 1.23. The molecule has 5 heteroatoms. The van der Waals surface area contributed by atoms with Crippen LogP contribution in [-0.4, -0.2) is 10.1 Å². The van der Waals surface area contributed by atoms with Crippen LogP contribution < -0.4 is 4.74 Å². The van der Waals surface area contributed by atoms with Crippen molar-refractivity contribution in [3.8, 4) is 5.75 Å². The predicted molar refractivity (Wildman–Crippen MR) is 54.5 cm³/mol. The van der Waals surface area contributed by atoms with Crippen molar-refractivity contribution in [3.05, 3.63) is 41.8 Å². The van der Waals surface area contributed by atoms with Gasteiger partial charge in [0.25, 0.3) is 5.89 Å². The zero-order valence-corrected chi connectivity index (χ0v) is 8.98. The second-order valence-electron chi connectivity index (χ2n) is 3.39. The second-order valence-corrected chi connectivity index (χ2v) is 3.39. The zero-order chi connectivity index (χ0) is 11.5. The number of benzene rings is 1. The van der Waals surface area contributed by atoms with Crippen molar-refractivity contribution in [2.24, 2.45) is 0 Å². The molecule has 0 radical (unpaired) electrons. The van der Waals surface area contributed by atoms with Gasteiger partial charge in [0.1, 0.15) is 11.6 Å². The molecule has 0 N–H and O–H groups in total. The molecule has 16 heavy (non-hydrogen) atoms. The van der Waals surface area contributed by atoms with E-state index in [1.807, 2.05) is 0 Å². The van der Waals surface area contributed by atoms with Gasteiger partial charge in [-0.05, 0) is 38.1 Å². The fourth-order valence-corrected chi connectivity index (χ4v) is 1.25. The summed E-state index contributed by atoms with van der Waals surface area (Å²) in [6.07, 6.45) is -0.355. The Labute approximate surface area is 92.0 Å². The van der Waals surface area contributed by atoms with E-state index in [-0.39, 0.29) is 11.9 Å². The fraction of sp³-hybridized carbons (Fsp3) is 0.273. The van der Waals surface area contributed by atoms with Gasteiger partial charge < -0.3 is 9.26 Å². The van der Waals surface area contributed by atoms with Crippen LogP contribution in [0.5, 0.6) is 5.75 Å². The molecule has 4 nitrogen and oxygen atoms in total. The molecule has 2 rings (SSSR count). The van der Waals surface area contributed by atoms with Gasteiger partial charge in [0.2, 0.25) is 0 Å². The molecule has 0 fully saturated rings. The van der Waals surface area contributed by atoms with E-state index >= 15 is 0 Å². The summed E-state index contributed by atoms with van der Waals surface area (Å²) >= 11 is 0. The highest BCUT2D eigenvalue weighted by Crippen LogP contribution is 2.20. The van der Waals surface area contributed by atoms with Crippen molar-refractivity contribution < 1.29 is 13.7 Å². The van der Waals surface area contributed by atoms with Crippen LogP contribution in [0.4, 0.5) is 4.39 Å². The Kier molecular flexibility index (Phi) is 2.85. The van der Waals surface area contributed by atoms with E-state index in [1.54, 1.807) is 26.0 Å². The van der Waals surface area contributed by atoms with E-state index in [0.29, 0.717) is 17.5 Å². The number of rotatable bonds is 3. The van der Waals surface area contributed by atoms with Crippen molar-refractivity contribution in [1.82, 2.24) is 10.1 Å². The normalized spacial score (nSPS) is 12.4. The Morgan fingerprint density at radius 1 is 1.31 bits per heavy atom. The quantitative estimate of drug-likeness (QED) is 0.801. The van der Waals surface area contributed by atoms with Crippen molar-refractivity contribution in [3.63, 3.8) is 0 Å². The molecule has 1 heterocycles. The SMILES string of the molecule is Cc1noc([C@@H](C)Oc2ccc(F)cc2)n1. The summed E-state index contributed by atoms with van der Waals surface area (Å²) < 4.78 is 23.1. The molecule has 0 unspecified atom stereocenters. The first kappa shape index (κ1) is 10.6. The van der Waals surface area contributed by atoms with E-state index < -0.39 is 0 Å². The first-order valence-electron chi connectivity index (χ1n) is 4.87. The molecule has 1 aromatic carbocycles. The van der Waals surface area contributed by atoms with Crippen molar-refractivity contribution in [1.29, 1.82) is 0 Å². The number of aryl methyl sites for hydroxylation is 1. The lowest BCUT2D eigenvalue weighted by Crippen LogP contribution is -2.03. The molecule has 84 valence electrons. The summed E-state index contributed by atoms with van der Waals surface area (Å²) in [5.41, 5.74) is 0. The Bertz CT molecular complexity index is 467. The molecular weight excluding hydrogens is 211 g/mol. The Balaban J connectivity index is 2.07. The highest BCUT2D eigenvalue weighted by atomic mass is 19.1. The maximum atomic E-state index is 12.7. The molecule has 1 aromatic heterocycles. The monoisotopic (exact) mass is 222 g/mol. The smallest absolute Gasteiger partial charge is 0.267 e. The van der Waals surface area contributed by atoms with Gasteiger partial charge in [-0.15, -0.1) is 0 Å². The largest absolute Gasteiger partial charge is 0.481 e. The third-order valence-electron chi connectivity index (χ3n) is 2.02. The maximum Gasteiger partial charge on any atom is 0.267 e. The summed E-state index contributed by atoms with van der Waals surface area (Å²) in [6.45, 7) is 3.52. The third kappa shape index (κ3) is 2.36. The van der Waals surface area contributed by atoms with E-state index in [9.17, 15) is 4.39 Å². The fourth-order valence-electron chi connectivity index (χ4n) is 1.25. The highest BCUT2D eigenvalue weighted by molar-refractivity contribution is 5.22. The molecule has 0 aliphatic rings. The van der Waals surface area contributed by atoms with Crippen LogP contribution in [-0.2, 0) is 0 Å². The summed E-state index contributed by atoms with van der Waals surface area (Å²) in [5, 5.41) is 3.67. The van der Waals surface area contributed by atoms with Crippen molar-refractivity contribution in [2.75, 3.05) is 0 Å². The zero-order valence-electron chi connectivity index (χ0n) is 8.98. The average Bonchev–Trinajstić information content (AvgIpc) is 2.68. The Morgan fingerprint density at radius 2 is 2.00 bits per heavy atom. The van der Waals surface area contributed by atoms with Gasteiger partial charge in [0, 0.05) is 0 Å². The van der Waals surface area contributed by atoms with Crippen molar-refractivity contribution >= 4 is 0 Å². The number of halogens is 1. The summed E-state index contributed by atoms with van der Waals surface area (Å²) in [6, 6.07) is 5.77. The molecule has 0 saturated carbocycles. The van der Waals surface area contributed by atoms with Crippen molar-refractivity contribution in [2.45, 2.75) is 20.0 Å². The standard InChI is InChI=1S/C11H11FN2O2/c1-7(11-13-8(2)14-16-11)15-10-5-3-9(12)4-6-10/h3-7H,1-2H3/t7-/m1/s1. The number of hydrogen-bond acceptors (Lipinski definition) is 4. The Morgan fingerprint density at radius 3 is 2.56 bits per heavy atom. The van der Waals surface area contributed by atoms with Gasteiger partial charge in [-0.1, -0.05) is 5.16 Å². The van der Waals surface area contributed by atoms with E-state index in [0.717, 1.165) is 0 Å². The molecular formula is C11H11FN2O2. The van der Waals surface area contributed by atoms with Gasteiger partial charge in [0.15, 0.2) is 11.9 Å². The van der Waals surface area contributed by atoms with Gasteiger partial charge in [-0.3, -0.25) is 0 Å². The van der Waals surface area contributed by atoms with Crippen LogP contribution in [0, 0.1) is 12.7 Å². The lowest BCUT2D eigenvalue weighted by molar-refractivity contribution is 0.175. The van der Waals surface area contributed by atoms with Gasteiger partial charge in [-0.25, -0.2) is 4.39 Å². The van der Waals surface area contributed by atoms with Gasteiger partial charge in [0.05, 0.1) is 0 Å². The molecule has 0 bridgehead atoms. The lowest BCUT2D eigenvalue weighted by atomic mass is 10.3. The number of nitrogens with zero attached hydrogens (tertiary/aromatic N) is 2. The first-order valence-corrected chi connectivity index (χ1v) is 4.87. The van der Waals surface area contributed by atoms with E-state index in [1.165, 1.54) is 12.1 Å². The van der Waals surface area contributed by atoms with Crippen LogP contribution in [0.15, 0.2) is 28.8 Å². The van der Waals surface area contributed by atoms with Gasteiger partial charge >= 0.3 is 0 Å². The number of hydrogen-bond donors (Lipinski definition) is 0. The average molecular weight is 222 g/mol. The highest BCUT2D eigenvalue weighted by Gasteiger charge is 2.14. The lowest BCUT2D eigenvalue weighted by Gasteiger charge is -2.10. The number of aromatic nitrogens is 2. The molecule has 1 atom stereocenters. The molecule has 0 amide bonds. The minimum absolute atomic E-state index is 0.298. The molecule has 0 saturated heterocycles. The van der Waals surface area contributed by atoms with Crippen LogP contribution >= 0.6 is 0 Å². The third-order valence-corrected chi connectivity index (χ3v) is 2.02. The second kappa shape index (κ2) is 4.30. The van der Waals surface area contributed by atoms with E-state index in [4.69, 9.17) is 9.26 Å². The van der Waals surface area contributed by atoms with Crippen LogP contribution in [0.1, 0.15) is 24.7 Å². The predicted octanol–water partition coefficient (Wildman–Crippen LogP) is 2.66. The minimum atomic E-state index is -0.355. The Hall–Kier alpha value is -1.91. The van der Waals surface area contributed by atoms with Crippen LogP contribution in [0.2, 0.25) is 0 Å². The molecule has 0 spiro atoms. The van der Waals surface area contributed by atoms with Crippen LogP contribution in [0.3, 0.4) is 0 Å². The molecule has 2 aromatic rings.